The maximum absolute atomic E-state index is 12.1. The number of carbonyl (C=O) groups is 1. The average molecular weight is 302 g/mol. The van der Waals surface area contributed by atoms with Crippen molar-refractivity contribution in [1.29, 1.82) is 0 Å². The second-order valence-electron chi connectivity index (χ2n) is 5.88. The van der Waals surface area contributed by atoms with Crippen LogP contribution in [0.4, 0.5) is 4.79 Å². The molecule has 1 atom stereocenters. The summed E-state index contributed by atoms with van der Waals surface area (Å²) in [6.45, 7) is 3.87. The fourth-order valence-electron chi connectivity index (χ4n) is 2.73. The first kappa shape index (κ1) is 14.8. The van der Waals surface area contributed by atoms with Crippen molar-refractivity contribution in [3.05, 3.63) is 29.6 Å². The maximum Gasteiger partial charge on any atom is 0.317 e. The summed E-state index contributed by atoms with van der Waals surface area (Å²) in [4.78, 5) is 21.5. The number of nitrogens with one attached hydrogen (secondary N) is 2. The van der Waals surface area contributed by atoms with Gasteiger partial charge in [-0.05, 0) is 37.5 Å². The Bertz CT molecular complexity index is 661. The maximum atomic E-state index is 12.1. The van der Waals surface area contributed by atoms with Crippen molar-refractivity contribution in [3.63, 3.8) is 0 Å². The number of hydrogen-bond acceptors (Lipinski definition) is 3. The highest BCUT2D eigenvalue weighted by molar-refractivity contribution is 5.76. The predicted octanol–water partition coefficient (Wildman–Crippen LogP) is 2.19. The normalized spacial score (nSPS) is 17.8. The van der Waals surface area contributed by atoms with E-state index in [4.69, 9.17) is 4.74 Å². The molecule has 2 heterocycles. The van der Waals surface area contributed by atoms with Crippen molar-refractivity contribution in [3.8, 4) is 0 Å². The van der Waals surface area contributed by atoms with Crippen LogP contribution in [0.5, 0.6) is 0 Å². The van der Waals surface area contributed by atoms with Crippen LogP contribution < -0.4 is 5.32 Å². The second-order valence-corrected chi connectivity index (χ2v) is 5.88. The molecule has 1 aromatic carbocycles. The minimum Gasteiger partial charge on any atom is -0.376 e. The van der Waals surface area contributed by atoms with Crippen LogP contribution in [0.15, 0.2) is 18.2 Å². The van der Waals surface area contributed by atoms with E-state index in [-0.39, 0.29) is 12.1 Å². The van der Waals surface area contributed by atoms with Crippen LogP contribution in [0, 0.1) is 6.92 Å². The van der Waals surface area contributed by atoms with Crippen LogP contribution in [-0.4, -0.2) is 47.2 Å². The SMILES string of the molecule is Cc1ccc2nc(CNC(=O)N(C)C[C@H]3CCCO3)[nH]c2c1. The lowest BCUT2D eigenvalue weighted by molar-refractivity contribution is 0.0874. The van der Waals surface area contributed by atoms with E-state index >= 15 is 0 Å². The number of rotatable bonds is 4. The molecule has 6 heteroatoms. The van der Waals surface area contributed by atoms with Crippen LogP contribution in [0.2, 0.25) is 0 Å². The van der Waals surface area contributed by atoms with Crippen LogP contribution in [-0.2, 0) is 11.3 Å². The summed E-state index contributed by atoms with van der Waals surface area (Å²) in [5.41, 5.74) is 3.10. The van der Waals surface area contributed by atoms with Gasteiger partial charge in [-0.1, -0.05) is 6.07 Å². The topological polar surface area (TPSA) is 70.2 Å². The zero-order valence-corrected chi connectivity index (χ0v) is 13.1. The van der Waals surface area contributed by atoms with Gasteiger partial charge in [0, 0.05) is 20.2 Å². The number of benzene rings is 1. The Morgan fingerprint density at radius 1 is 1.55 bits per heavy atom. The standard InChI is InChI=1S/C16H22N4O2/c1-11-5-6-13-14(8-11)19-15(18-13)9-17-16(21)20(2)10-12-4-3-7-22-12/h5-6,8,12H,3-4,7,9-10H2,1-2H3,(H,17,21)(H,18,19)/t12-/m1/s1. The van der Waals surface area contributed by atoms with Crippen LogP contribution >= 0.6 is 0 Å². The van der Waals surface area contributed by atoms with Crippen molar-refractivity contribution >= 4 is 17.1 Å². The number of fused-ring (bicyclic) bond motifs is 1. The van der Waals surface area contributed by atoms with Crippen molar-refractivity contribution in [2.75, 3.05) is 20.2 Å². The number of nitrogens with zero attached hydrogens (tertiary/aromatic N) is 2. The monoisotopic (exact) mass is 302 g/mol. The van der Waals surface area contributed by atoms with Gasteiger partial charge in [-0.25, -0.2) is 9.78 Å². The summed E-state index contributed by atoms with van der Waals surface area (Å²) in [5, 5.41) is 2.89. The van der Waals surface area contributed by atoms with Gasteiger partial charge in [0.25, 0.3) is 0 Å². The van der Waals surface area contributed by atoms with Gasteiger partial charge >= 0.3 is 6.03 Å². The molecule has 2 aromatic rings. The highest BCUT2D eigenvalue weighted by Crippen LogP contribution is 2.14. The minimum absolute atomic E-state index is 0.105. The highest BCUT2D eigenvalue weighted by Gasteiger charge is 2.20. The first-order chi connectivity index (χ1) is 10.6. The zero-order chi connectivity index (χ0) is 15.5. The Morgan fingerprint density at radius 3 is 3.18 bits per heavy atom. The molecule has 2 N–H and O–H groups in total. The summed E-state index contributed by atoms with van der Waals surface area (Å²) in [5.74, 6) is 0.763. The van der Waals surface area contributed by atoms with Gasteiger partial charge in [0.1, 0.15) is 5.82 Å². The van der Waals surface area contributed by atoms with Crippen molar-refractivity contribution in [2.45, 2.75) is 32.4 Å². The number of carbonyl (C=O) groups excluding carboxylic acids is 1. The molecular formula is C16H22N4O2. The molecule has 3 rings (SSSR count). The molecule has 1 fully saturated rings. The Labute approximate surface area is 129 Å². The number of amides is 2. The van der Waals surface area contributed by atoms with Gasteiger partial charge in [0.2, 0.25) is 0 Å². The number of hydrogen-bond donors (Lipinski definition) is 2. The summed E-state index contributed by atoms with van der Waals surface area (Å²) in [7, 11) is 1.79. The third kappa shape index (κ3) is 3.39. The molecule has 0 spiro atoms. The number of urea groups is 1. The lowest BCUT2D eigenvalue weighted by Crippen LogP contribution is -2.41. The lowest BCUT2D eigenvalue weighted by Gasteiger charge is -2.20. The Morgan fingerprint density at radius 2 is 2.41 bits per heavy atom. The van der Waals surface area contributed by atoms with Gasteiger partial charge in [-0.2, -0.15) is 0 Å². The van der Waals surface area contributed by atoms with E-state index in [0.717, 1.165) is 36.3 Å². The summed E-state index contributed by atoms with van der Waals surface area (Å²) >= 11 is 0. The molecule has 1 aromatic heterocycles. The average Bonchev–Trinajstić information content (AvgIpc) is 3.13. The molecule has 1 aliphatic rings. The highest BCUT2D eigenvalue weighted by atomic mass is 16.5. The van der Waals surface area contributed by atoms with E-state index in [1.165, 1.54) is 5.56 Å². The van der Waals surface area contributed by atoms with Crippen LogP contribution in [0.25, 0.3) is 11.0 Å². The van der Waals surface area contributed by atoms with Gasteiger partial charge < -0.3 is 19.9 Å². The van der Waals surface area contributed by atoms with E-state index in [1.54, 1.807) is 11.9 Å². The number of aromatic nitrogens is 2. The van der Waals surface area contributed by atoms with E-state index < -0.39 is 0 Å². The summed E-state index contributed by atoms with van der Waals surface area (Å²) < 4.78 is 5.55. The van der Waals surface area contributed by atoms with Crippen molar-refractivity contribution < 1.29 is 9.53 Å². The molecule has 0 saturated carbocycles. The van der Waals surface area contributed by atoms with E-state index in [2.05, 4.69) is 21.4 Å². The van der Waals surface area contributed by atoms with Gasteiger partial charge in [0.15, 0.2) is 0 Å². The first-order valence-corrected chi connectivity index (χ1v) is 7.67. The molecule has 22 heavy (non-hydrogen) atoms. The number of ether oxygens (including phenoxy) is 1. The van der Waals surface area contributed by atoms with Crippen LogP contribution in [0.3, 0.4) is 0 Å². The minimum atomic E-state index is -0.105. The zero-order valence-electron chi connectivity index (χ0n) is 13.1. The fourth-order valence-corrected chi connectivity index (χ4v) is 2.73. The largest absolute Gasteiger partial charge is 0.376 e. The molecule has 0 unspecified atom stereocenters. The number of aromatic amines is 1. The van der Waals surface area contributed by atoms with Crippen molar-refractivity contribution in [2.24, 2.45) is 0 Å². The predicted molar refractivity (Wildman–Crippen MR) is 84.7 cm³/mol. The van der Waals surface area contributed by atoms with Gasteiger partial charge in [0.05, 0.1) is 23.7 Å². The number of H-pyrrole nitrogens is 1. The summed E-state index contributed by atoms with van der Waals surface area (Å²) in [6, 6.07) is 5.96. The Hall–Kier alpha value is -2.08. The molecule has 2 amide bonds. The Balaban J connectivity index is 1.54. The second kappa shape index (κ2) is 6.36. The smallest absolute Gasteiger partial charge is 0.317 e. The molecule has 6 nitrogen and oxygen atoms in total. The van der Waals surface area contributed by atoms with Crippen molar-refractivity contribution in [1.82, 2.24) is 20.2 Å². The Kier molecular flexibility index (Phi) is 4.29. The molecule has 1 aliphatic heterocycles. The third-order valence-corrected chi connectivity index (χ3v) is 3.94. The quantitative estimate of drug-likeness (QED) is 0.909. The molecule has 0 radical (unpaired) electrons. The molecule has 0 aliphatic carbocycles. The molecular weight excluding hydrogens is 280 g/mol. The van der Waals surface area contributed by atoms with E-state index in [9.17, 15) is 4.79 Å². The van der Waals surface area contributed by atoms with Crippen LogP contribution in [0.1, 0.15) is 24.2 Å². The van der Waals surface area contributed by atoms with E-state index in [0.29, 0.717) is 13.1 Å². The fraction of sp³-hybridized carbons (Fsp3) is 0.500. The molecule has 1 saturated heterocycles. The number of aryl methyl sites for hydroxylation is 1. The number of imidazole rings is 1. The number of likely N-dealkylation sites (N-methyl/N-ethyl adjacent to an activating group) is 1. The molecule has 118 valence electrons. The summed E-state index contributed by atoms with van der Waals surface area (Å²) in [6.07, 6.45) is 2.28. The lowest BCUT2D eigenvalue weighted by atomic mass is 10.2. The van der Waals surface area contributed by atoms with Gasteiger partial charge in [-0.15, -0.1) is 0 Å². The van der Waals surface area contributed by atoms with E-state index in [1.807, 2.05) is 19.1 Å². The third-order valence-electron chi connectivity index (χ3n) is 3.94. The first-order valence-electron chi connectivity index (χ1n) is 7.67. The van der Waals surface area contributed by atoms with Gasteiger partial charge in [-0.3, -0.25) is 0 Å². The molecule has 0 bridgehead atoms.